The molecule has 0 aliphatic heterocycles. The van der Waals surface area contributed by atoms with Gasteiger partial charge in [-0.15, -0.1) is 0 Å². The zero-order valence-corrected chi connectivity index (χ0v) is 12.3. The van der Waals surface area contributed by atoms with Crippen molar-refractivity contribution in [3.05, 3.63) is 0 Å². The first kappa shape index (κ1) is 14.9. The van der Waals surface area contributed by atoms with E-state index in [0.29, 0.717) is 4.99 Å². The number of nitrogens with two attached hydrogens (primary N) is 1. The summed E-state index contributed by atoms with van der Waals surface area (Å²) in [6.45, 7) is 6.92. The van der Waals surface area contributed by atoms with Gasteiger partial charge in [0.05, 0.1) is 4.99 Å². The molecule has 0 aromatic heterocycles. The summed E-state index contributed by atoms with van der Waals surface area (Å²) in [4.78, 5) is 3.29. The van der Waals surface area contributed by atoms with Crippen molar-refractivity contribution in [2.24, 2.45) is 11.7 Å². The van der Waals surface area contributed by atoms with E-state index in [-0.39, 0.29) is 0 Å². The number of rotatable bonds is 10. The Hall–Kier alpha value is -0.150. The predicted octanol–water partition coefficient (Wildman–Crippen LogP) is 3.34. The Labute approximate surface area is 112 Å². The summed E-state index contributed by atoms with van der Waals surface area (Å²) in [6.07, 6.45) is 9.00. The lowest BCUT2D eigenvalue weighted by atomic mass is 9.98. The van der Waals surface area contributed by atoms with Gasteiger partial charge in [-0.2, -0.15) is 0 Å². The summed E-state index contributed by atoms with van der Waals surface area (Å²) in [5.41, 5.74) is 5.61. The van der Waals surface area contributed by atoms with Crippen LogP contribution in [0, 0.1) is 5.92 Å². The second-order valence-corrected chi connectivity index (χ2v) is 5.88. The molecular formula is C14H28N2S. The summed E-state index contributed by atoms with van der Waals surface area (Å²) >= 11 is 4.98. The first-order valence-corrected chi connectivity index (χ1v) is 7.60. The van der Waals surface area contributed by atoms with E-state index in [4.69, 9.17) is 18.0 Å². The Kier molecular flexibility index (Phi) is 7.05. The highest BCUT2D eigenvalue weighted by Crippen LogP contribution is 2.29. The zero-order valence-electron chi connectivity index (χ0n) is 11.5. The van der Waals surface area contributed by atoms with E-state index >= 15 is 0 Å². The largest absolute Gasteiger partial charge is 0.393 e. The SMILES string of the molecule is CCCCC(CC)CN(CCC(N)=S)C1CC1. The number of hydrogen-bond donors (Lipinski definition) is 1. The van der Waals surface area contributed by atoms with E-state index in [1.807, 2.05) is 0 Å². The minimum Gasteiger partial charge on any atom is -0.393 e. The van der Waals surface area contributed by atoms with Crippen LogP contribution in [0.5, 0.6) is 0 Å². The lowest BCUT2D eigenvalue weighted by Crippen LogP contribution is -2.34. The molecule has 0 saturated heterocycles. The highest BCUT2D eigenvalue weighted by atomic mass is 32.1. The molecule has 1 saturated carbocycles. The van der Waals surface area contributed by atoms with E-state index in [1.165, 1.54) is 45.1 Å². The maximum atomic E-state index is 5.61. The molecular weight excluding hydrogens is 228 g/mol. The third kappa shape index (κ3) is 6.37. The number of nitrogens with zero attached hydrogens (tertiary/aromatic N) is 1. The maximum absolute atomic E-state index is 5.61. The fourth-order valence-corrected chi connectivity index (χ4v) is 2.46. The van der Waals surface area contributed by atoms with Gasteiger partial charge in [0.1, 0.15) is 0 Å². The minimum atomic E-state index is 0.664. The summed E-state index contributed by atoms with van der Waals surface area (Å²) in [6, 6.07) is 0.833. The van der Waals surface area contributed by atoms with Gasteiger partial charge in [0.15, 0.2) is 0 Å². The molecule has 2 nitrogen and oxygen atoms in total. The van der Waals surface area contributed by atoms with E-state index in [1.54, 1.807) is 0 Å². The molecule has 0 amide bonds. The summed E-state index contributed by atoms with van der Waals surface area (Å²) in [5, 5.41) is 0. The van der Waals surface area contributed by atoms with Gasteiger partial charge in [0.25, 0.3) is 0 Å². The van der Waals surface area contributed by atoms with E-state index in [0.717, 1.165) is 24.9 Å². The van der Waals surface area contributed by atoms with Crippen LogP contribution in [-0.4, -0.2) is 29.0 Å². The van der Waals surface area contributed by atoms with Crippen molar-refractivity contribution in [1.29, 1.82) is 0 Å². The lowest BCUT2D eigenvalue weighted by molar-refractivity contribution is 0.215. The third-order valence-corrected chi connectivity index (χ3v) is 3.95. The molecule has 17 heavy (non-hydrogen) atoms. The minimum absolute atomic E-state index is 0.664. The Balaban J connectivity index is 2.32. The molecule has 0 spiro atoms. The molecule has 100 valence electrons. The molecule has 0 radical (unpaired) electrons. The average molecular weight is 256 g/mol. The molecule has 1 aliphatic carbocycles. The smallest absolute Gasteiger partial charge is 0.0740 e. The van der Waals surface area contributed by atoms with Crippen LogP contribution in [0.25, 0.3) is 0 Å². The summed E-state index contributed by atoms with van der Waals surface area (Å²) < 4.78 is 0. The van der Waals surface area contributed by atoms with Crippen LogP contribution < -0.4 is 5.73 Å². The summed E-state index contributed by atoms with van der Waals surface area (Å²) in [7, 11) is 0. The van der Waals surface area contributed by atoms with Crippen molar-refractivity contribution in [3.63, 3.8) is 0 Å². The molecule has 1 rings (SSSR count). The fourth-order valence-electron chi connectivity index (χ4n) is 2.37. The Morgan fingerprint density at radius 1 is 1.41 bits per heavy atom. The van der Waals surface area contributed by atoms with Crippen LogP contribution in [0.3, 0.4) is 0 Å². The molecule has 0 aromatic carbocycles. The van der Waals surface area contributed by atoms with Crippen molar-refractivity contribution in [3.8, 4) is 0 Å². The molecule has 1 atom stereocenters. The number of unbranched alkanes of at least 4 members (excludes halogenated alkanes) is 1. The molecule has 0 bridgehead atoms. The Bertz CT molecular complexity index is 226. The topological polar surface area (TPSA) is 29.3 Å². The monoisotopic (exact) mass is 256 g/mol. The van der Waals surface area contributed by atoms with Crippen LogP contribution >= 0.6 is 12.2 Å². The van der Waals surface area contributed by atoms with Gasteiger partial charge in [0, 0.05) is 25.6 Å². The standard InChI is InChI=1S/C14H28N2S/c1-3-5-6-12(4-2)11-16(13-7-8-13)10-9-14(15)17/h12-13H,3-11H2,1-2H3,(H2,15,17). The van der Waals surface area contributed by atoms with Gasteiger partial charge in [-0.05, 0) is 25.2 Å². The molecule has 3 heteroatoms. The van der Waals surface area contributed by atoms with Crippen LogP contribution in [0.1, 0.15) is 58.8 Å². The number of thiocarbonyl (C=S) groups is 1. The van der Waals surface area contributed by atoms with Gasteiger partial charge in [0.2, 0.25) is 0 Å². The first-order chi connectivity index (χ1) is 8.17. The van der Waals surface area contributed by atoms with Gasteiger partial charge in [-0.1, -0.05) is 45.3 Å². The fraction of sp³-hybridized carbons (Fsp3) is 0.929. The molecule has 1 fully saturated rings. The van der Waals surface area contributed by atoms with E-state index in [9.17, 15) is 0 Å². The van der Waals surface area contributed by atoms with Crippen LogP contribution in [-0.2, 0) is 0 Å². The van der Waals surface area contributed by atoms with Crippen LogP contribution in [0.4, 0.5) is 0 Å². The Morgan fingerprint density at radius 2 is 2.12 bits per heavy atom. The van der Waals surface area contributed by atoms with Crippen LogP contribution in [0.2, 0.25) is 0 Å². The van der Waals surface area contributed by atoms with Gasteiger partial charge >= 0.3 is 0 Å². The second-order valence-electron chi connectivity index (χ2n) is 5.36. The van der Waals surface area contributed by atoms with Gasteiger partial charge in [-0.25, -0.2) is 0 Å². The highest BCUT2D eigenvalue weighted by molar-refractivity contribution is 7.80. The predicted molar refractivity (Wildman–Crippen MR) is 79.3 cm³/mol. The van der Waals surface area contributed by atoms with Crippen molar-refractivity contribution in [2.45, 2.75) is 64.8 Å². The first-order valence-electron chi connectivity index (χ1n) is 7.19. The number of hydrogen-bond acceptors (Lipinski definition) is 2. The quantitative estimate of drug-likeness (QED) is 0.608. The maximum Gasteiger partial charge on any atom is 0.0740 e. The van der Waals surface area contributed by atoms with Crippen molar-refractivity contribution in [2.75, 3.05) is 13.1 Å². The van der Waals surface area contributed by atoms with Crippen LogP contribution in [0.15, 0.2) is 0 Å². The van der Waals surface area contributed by atoms with E-state index < -0.39 is 0 Å². The zero-order chi connectivity index (χ0) is 12.7. The van der Waals surface area contributed by atoms with Crippen molar-refractivity contribution >= 4 is 17.2 Å². The highest BCUT2D eigenvalue weighted by Gasteiger charge is 2.29. The molecule has 0 heterocycles. The third-order valence-electron chi connectivity index (χ3n) is 3.74. The van der Waals surface area contributed by atoms with Gasteiger partial charge < -0.3 is 5.73 Å². The summed E-state index contributed by atoms with van der Waals surface area (Å²) in [5.74, 6) is 0.863. The van der Waals surface area contributed by atoms with Gasteiger partial charge in [-0.3, -0.25) is 4.90 Å². The normalized spacial score (nSPS) is 17.4. The van der Waals surface area contributed by atoms with Crippen molar-refractivity contribution < 1.29 is 0 Å². The lowest BCUT2D eigenvalue weighted by Gasteiger charge is -2.27. The molecule has 0 aromatic rings. The average Bonchev–Trinajstić information content (AvgIpc) is 3.12. The molecule has 1 unspecified atom stereocenters. The molecule has 1 aliphatic rings. The Morgan fingerprint density at radius 3 is 2.59 bits per heavy atom. The molecule has 2 N–H and O–H groups in total. The van der Waals surface area contributed by atoms with Crippen molar-refractivity contribution in [1.82, 2.24) is 4.90 Å². The van der Waals surface area contributed by atoms with E-state index in [2.05, 4.69) is 18.7 Å². The second kappa shape index (κ2) is 8.04.